The number of ether oxygens (including phenoxy) is 1. The van der Waals surface area contributed by atoms with Gasteiger partial charge in [0.1, 0.15) is 5.75 Å². The number of phenolic OH excluding ortho intramolecular Hbond substituents is 1. The molecule has 1 aromatic rings. The van der Waals surface area contributed by atoms with Crippen LogP contribution in [0.3, 0.4) is 0 Å². The van der Waals surface area contributed by atoms with Gasteiger partial charge in [0, 0.05) is 11.6 Å². The molecule has 1 unspecified atom stereocenters. The van der Waals surface area contributed by atoms with Crippen molar-refractivity contribution in [3.05, 3.63) is 23.5 Å². The van der Waals surface area contributed by atoms with Gasteiger partial charge >= 0.3 is 0 Å². The summed E-state index contributed by atoms with van der Waals surface area (Å²) in [6.07, 6.45) is -0.699. The van der Waals surface area contributed by atoms with Crippen molar-refractivity contribution in [2.24, 2.45) is 5.73 Å². The predicted molar refractivity (Wildman–Crippen MR) is 53.2 cm³/mol. The highest BCUT2D eigenvalue weighted by Crippen LogP contribution is 2.32. The number of aliphatic hydroxyl groups is 1. The zero-order valence-corrected chi connectivity index (χ0v) is 8.40. The van der Waals surface area contributed by atoms with Gasteiger partial charge in [0.15, 0.2) is 11.6 Å². The Morgan fingerprint density at radius 1 is 1.53 bits per heavy atom. The molecule has 0 aliphatic heterocycles. The number of rotatable bonds is 4. The molecule has 4 N–H and O–H groups in total. The maximum Gasteiger partial charge on any atom is 0.165 e. The third-order valence-corrected chi connectivity index (χ3v) is 2.10. The van der Waals surface area contributed by atoms with Gasteiger partial charge in [-0.25, -0.2) is 4.39 Å². The van der Waals surface area contributed by atoms with Crippen molar-refractivity contribution >= 4 is 0 Å². The lowest BCUT2D eigenvalue weighted by molar-refractivity contribution is 0.166. The van der Waals surface area contributed by atoms with E-state index in [9.17, 15) is 14.6 Å². The number of hydrogen-bond donors (Lipinski definition) is 3. The van der Waals surface area contributed by atoms with E-state index >= 15 is 0 Å². The van der Waals surface area contributed by atoms with Crippen molar-refractivity contribution in [3.8, 4) is 11.5 Å². The summed E-state index contributed by atoms with van der Waals surface area (Å²) in [4.78, 5) is 0. The van der Waals surface area contributed by atoms with Crippen LogP contribution in [0.4, 0.5) is 4.39 Å². The minimum absolute atomic E-state index is 0.0591. The Labute approximate surface area is 87.1 Å². The predicted octanol–water partition coefficient (Wildman–Crippen LogP) is 0.922. The minimum atomic E-state index is -0.963. The van der Waals surface area contributed by atoms with Crippen molar-refractivity contribution in [3.63, 3.8) is 0 Å². The number of benzene rings is 1. The molecule has 0 radical (unpaired) electrons. The van der Waals surface area contributed by atoms with Crippen LogP contribution in [0.1, 0.15) is 18.1 Å². The normalized spacial score (nSPS) is 12.5. The Morgan fingerprint density at radius 3 is 2.73 bits per heavy atom. The van der Waals surface area contributed by atoms with Crippen LogP contribution in [0.15, 0.2) is 12.1 Å². The van der Waals surface area contributed by atoms with Crippen LogP contribution < -0.4 is 10.5 Å². The highest BCUT2D eigenvalue weighted by molar-refractivity contribution is 5.42. The first-order chi connectivity index (χ1) is 7.10. The average Bonchev–Trinajstić information content (AvgIpc) is 2.21. The summed E-state index contributed by atoms with van der Waals surface area (Å²) in [5, 5.41) is 19.0. The lowest BCUT2D eigenvalue weighted by Crippen LogP contribution is -2.07. The van der Waals surface area contributed by atoms with E-state index < -0.39 is 11.9 Å². The van der Waals surface area contributed by atoms with Gasteiger partial charge in [-0.1, -0.05) is 0 Å². The van der Waals surface area contributed by atoms with Crippen LogP contribution in [0, 0.1) is 5.82 Å². The summed E-state index contributed by atoms with van der Waals surface area (Å²) in [6.45, 7) is 0.258. The molecular weight excluding hydrogens is 201 g/mol. The van der Waals surface area contributed by atoms with E-state index in [1.165, 1.54) is 7.11 Å². The molecule has 0 aromatic heterocycles. The maximum absolute atomic E-state index is 13.3. The average molecular weight is 215 g/mol. The van der Waals surface area contributed by atoms with Gasteiger partial charge in [0.2, 0.25) is 0 Å². The van der Waals surface area contributed by atoms with E-state index in [1.807, 2.05) is 0 Å². The molecule has 0 saturated carbocycles. The first-order valence-electron chi connectivity index (χ1n) is 4.54. The van der Waals surface area contributed by atoms with Crippen molar-refractivity contribution in [2.45, 2.75) is 12.5 Å². The molecule has 0 amide bonds. The molecule has 0 heterocycles. The van der Waals surface area contributed by atoms with Gasteiger partial charge < -0.3 is 20.7 Å². The van der Waals surface area contributed by atoms with Gasteiger partial charge in [-0.05, 0) is 19.0 Å². The van der Waals surface area contributed by atoms with E-state index in [4.69, 9.17) is 5.73 Å². The molecule has 1 rings (SSSR count). The van der Waals surface area contributed by atoms with Crippen molar-refractivity contribution in [1.82, 2.24) is 0 Å². The van der Waals surface area contributed by atoms with Crippen LogP contribution in [0.25, 0.3) is 0 Å². The minimum Gasteiger partial charge on any atom is -0.507 e. The summed E-state index contributed by atoms with van der Waals surface area (Å²) >= 11 is 0. The number of nitrogens with two attached hydrogens (primary N) is 1. The molecule has 0 bridgehead atoms. The fourth-order valence-corrected chi connectivity index (χ4v) is 1.29. The lowest BCUT2D eigenvalue weighted by atomic mass is 10.0. The van der Waals surface area contributed by atoms with Crippen molar-refractivity contribution in [1.29, 1.82) is 0 Å². The number of phenols is 1. The summed E-state index contributed by atoms with van der Waals surface area (Å²) in [6, 6.07) is 2.18. The first kappa shape index (κ1) is 11.7. The van der Waals surface area contributed by atoms with Crippen LogP contribution in [-0.4, -0.2) is 23.9 Å². The number of hydrogen-bond acceptors (Lipinski definition) is 4. The molecule has 5 heteroatoms. The second-order valence-electron chi connectivity index (χ2n) is 3.14. The molecule has 1 atom stereocenters. The zero-order chi connectivity index (χ0) is 11.4. The highest BCUT2D eigenvalue weighted by Gasteiger charge is 2.15. The summed E-state index contributed by atoms with van der Waals surface area (Å²) < 4.78 is 17.9. The SMILES string of the molecule is COc1cc(O)c(C(O)CCN)cc1F. The smallest absolute Gasteiger partial charge is 0.165 e. The molecule has 0 aliphatic rings. The van der Waals surface area contributed by atoms with Gasteiger partial charge in [0.05, 0.1) is 13.2 Å². The fourth-order valence-electron chi connectivity index (χ4n) is 1.29. The molecule has 0 spiro atoms. The molecule has 1 aromatic carbocycles. The van der Waals surface area contributed by atoms with E-state index in [2.05, 4.69) is 4.74 Å². The van der Waals surface area contributed by atoms with E-state index in [1.54, 1.807) is 0 Å². The standard InChI is InChI=1S/C10H14FNO3/c1-15-10-5-9(14)6(4-7(10)11)8(13)2-3-12/h4-5,8,13-14H,2-3,12H2,1H3. The maximum atomic E-state index is 13.3. The Kier molecular flexibility index (Phi) is 3.88. The Morgan fingerprint density at radius 2 is 2.20 bits per heavy atom. The fraction of sp³-hybridized carbons (Fsp3) is 0.400. The largest absolute Gasteiger partial charge is 0.507 e. The quantitative estimate of drug-likeness (QED) is 0.698. The monoisotopic (exact) mass is 215 g/mol. The van der Waals surface area contributed by atoms with Crippen LogP contribution in [0.2, 0.25) is 0 Å². The molecule has 0 aliphatic carbocycles. The lowest BCUT2D eigenvalue weighted by Gasteiger charge is -2.13. The van der Waals surface area contributed by atoms with E-state index in [-0.39, 0.29) is 30.0 Å². The molecule has 4 nitrogen and oxygen atoms in total. The van der Waals surface area contributed by atoms with Gasteiger partial charge in [0.25, 0.3) is 0 Å². The highest BCUT2D eigenvalue weighted by atomic mass is 19.1. The molecule has 84 valence electrons. The van der Waals surface area contributed by atoms with Crippen molar-refractivity contribution in [2.75, 3.05) is 13.7 Å². The Hall–Kier alpha value is -1.33. The Bertz CT molecular complexity index is 344. The number of methoxy groups -OCH3 is 1. The molecule has 0 saturated heterocycles. The van der Waals surface area contributed by atoms with Crippen LogP contribution in [-0.2, 0) is 0 Å². The van der Waals surface area contributed by atoms with Crippen LogP contribution >= 0.6 is 0 Å². The van der Waals surface area contributed by atoms with Gasteiger partial charge in [-0.3, -0.25) is 0 Å². The number of aliphatic hydroxyl groups excluding tert-OH is 1. The molecule has 15 heavy (non-hydrogen) atoms. The summed E-state index contributed by atoms with van der Waals surface area (Å²) in [5.41, 5.74) is 5.37. The van der Waals surface area contributed by atoms with Crippen LogP contribution in [0.5, 0.6) is 11.5 Å². The second-order valence-corrected chi connectivity index (χ2v) is 3.14. The van der Waals surface area contributed by atoms with Gasteiger partial charge in [-0.15, -0.1) is 0 Å². The van der Waals surface area contributed by atoms with E-state index in [0.29, 0.717) is 0 Å². The number of aromatic hydroxyl groups is 1. The third-order valence-electron chi connectivity index (χ3n) is 2.10. The number of halogens is 1. The van der Waals surface area contributed by atoms with Gasteiger partial charge in [-0.2, -0.15) is 0 Å². The van der Waals surface area contributed by atoms with E-state index in [0.717, 1.165) is 12.1 Å². The first-order valence-corrected chi connectivity index (χ1v) is 4.54. The zero-order valence-electron chi connectivity index (χ0n) is 8.40. The Balaban J connectivity index is 3.04. The summed E-state index contributed by atoms with van der Waals surface area (Å²) in [7, 11) is 1.30. The van der Waals surface area contributed by atoms with Crippen molar-refractivity contribution < 1.29 is 19.3 Å². The third kappa shape index (κ3) is 2.57. The summed E-state index contributed by atoms with van der Waals surface area (Å²) in [5.74, 6) is -0.883. The molecular formula is C10H14FNO3. The topological polar surface area (TPSA) is 75.7 Å². The second kappa shape index (κ2) is 4.95. The molecule has 0 fully saturated rings.